The van der Waals surface area contributed by atoms with Crippen molar-refractivity contribution in [2.24, 2.45) is 5.92 Å². The average molecular weight is 309 g/mol. The van der Waals surface area contributed by atoms with E-state index in [1.54, 1.807) is 6.07 Å². The van der Waals surface area contributed by atoms with Crippen LogP contribution >= 0.6 is 11.6 Å². The smallest absolute Gasteiger partial charge is 0.315 e. The van der Waals surface area contributed by atoms with Crippen LogP contribution < -0.4 is 5.32 Å². The van der Waals surface area contributed by atoms with E-state index in [1.165, 1.54) is 25.0 Å². The first-order chi connectivity index (χ1) is 10.1. The predicted molar refractivity (Wildman–Crippen MR) is 76.2 cm³/mol. The highest BCUT2D eigenvalue weighted by atomic mass is 35.5. The SMILES string of the molecule is O=[N+]([O-])c1ccc(CNc2nnc(CC3CC3)o2)c(Cl)c1. The highest BCUT2D eigenvalue weighted by Crippen LogP contribution is 2.32. The zero-order valence-electron chi connectivity index (χ0n) is 11.1. The lowest BCUT2D eigenvalue weighted by molar-refractivity contribution is -0.384. The molecule has 1 fully saturated rings. The van der Waals surface area contributed by atoms with Crippen LogP contribution in [0.25, 0.3) is 0 Å². The van der Waals surface area contributed by atoms with Gasteiger partial charge >= 0.3 is 6.01 Å². The zero-order valence-corrected chi connectivity index (χ0v) is 11.8. The van der Waals surface area contributed by atoms with Crippen molar-refractivity contribution in [2.45, 2.75) is 25.8 Å². The molecule has 0 amide bonds. The molecule has 21 heavy (non-hydrogen) atoms. The summed E-state index contributed by atoms with van der Waals surface area (Å²) in [6, 6.07) is 4.68. The minimum atomic E-state index is -0.481. The average Bonchev–Trinajstić information content (AvgIpc) is 3.15. The Hall–Kier alpha value is -2.15. The molecule has 1 aliphatic carbocycles. The van der Waals surface area contributed by atoms with Gasteiger partial charge in [-0.25, -0.2) is 0 Å². The second-order valence-electron chi connectivity index (χ2n) is 5.03. The van der Waals surface area contributed by atoms with Crippen molar-refractivity contribution in [3.05, 3.63) is 44.8 Å². The van der Waals surface area contributed by atoms with Gasteiger partial charge in [0.2, 0.25) is 5.89 Å². The number of hydrogen-bond acceptors (Lipinski definition) is 6. The number of nitro benzene ring substituents is 1. The van der Waals surface area contributed by atoms with Gasteiger partial charge in [-0.1, -0.05) is 16.7 Å². The summed E-state index contributed by atoms with van der Waals surface area (Å²) in [4.78, 5) is 10.2. The van der Waals surface area contributed by atoms with Crippen LogP contribution in [0.1, 0.15) is 24.3 Å². The summed E-state index contributed by atoms with van der Waals surface area (Å²) in [6.45, 7) is 0.363. The number of nitrogens with zero attached hydrogens (tertiary/aromatic N) is 3. The Balaban J connectivity index is 1.61. The van der Waals surface area contributed by atoms with Crippen LogP contribution in [-0.2, 0) is 13.0 Å². The summed E-state index contributed by atoms with van der Waals surface area (Å²) in [5.74, 6) is 1.32. The van der Waals surface area contributed by atoms with Gasteiger partial charge in [-0.2, -0.15) is 0 Å². The maximum atomic E-state index is 10.6. The standard InChI is InChI=1S/C13H13ClN4O3/c14-11-6-10(18(19)20)4-3-9(11)7-15-13-17-16-12(21-13)5-8-1-2-8/h3-4,6,8H,1-2,5,7H2,(H,15,17). The van der Waals surface area contributed by atoms with E-state index in [0.717, 1.165) is 12.0 Å². The van der Waals surface area contributed by atoms with Crippen LogP contribution in [0.4, 0.5) is 11.7 Å². The molecule has 0 radical (unpaired) electrons. The van der Waals surface area contributed by atoms with Crippen LogP contribution in [0.5, 0.6) is 0 Å². The Morgan fingerprint density at radius 1 is 1.43 bits per heavy atom. The van der Waals surface area contributed by atoms with Gasteiger partial charge in [-0.15, -0.1) is 5.10 Å². The number of nitrogens with one attached hydrogen (secondary N) is 1. The monoisotopic (exact) mass is 308 g/mol. The molecule has 0 unspecified atom stereocenters. The lowest BCUT2D eigenvalue weighted by Crippen LogP contribution is -2.01. The Bertz CT molecular complexity index is 669. The molecule has 8 heteroatoms. The fourth-order valence-electron chi connectivity index (χ4n) is 1.94. The van der Waals surface area contributed by atoms with Crippen molar-refractivity contribution in [2.75, 3.05) is 5.32 Å². The second kappa shape index (κ2) is 5.69. The quantitative estimate of drug-likeness (QED) is 0.650. The molecule has 1 aliphatic rings. The van der Waals surface area contributed by atoms with Crippen molar-refractivity contribution in [1.29, 1.82) is 0 Å². The normalized spacial score (nSPS) is 14.1. The molecule has 0 bridgehead atoms. The first kappa shape index (κ1) is 13.8. The highest BCUT2D eigenvalue weighted by Gasteiger charge is 2.24. The molecule has 0 spiro atoms. The van der Waals surface area contributed by atoms with E-state index in [9.17, 15) is 10.1 Å². The van der Waals surface area contributed by atoms with E-state index in [4.69, 9.17) is 16.0 Å². The van der Waals surface area contributed by atoms with Crippen LogP contribution in [0.2, 0.25) is 5.02 Å². The molecule has 1 heterocycles. The predicted octanol–water partition coefficient (Wildman–Crippen LogP) is 3.20. The Morgan fingerprint density at radius 2 is 2.24 bits per heavy atom. The third-order valence-electron chi connectivity index (χ3n) is 3.30. The lowest BCUT2D eigenvalue weighted by Gasteiger charge is -2.04. The van der Waals surface area contributed by atoms with Crippen molar-refractivity contribution in [3.63, 3.8) is 0 Å². The highest BCUT2D eigenvalue weighted by molar-refractivity contribution is 6.31. The van der Waals surface area contributed by atoms with E-state index in [0.29, 0.717) is 29.4 Å². The zero-order chi connectivity index (χ0) is 14.8. The Kier molecular flexibility index (Phi) is 3.74. The number of benzene rings is 1. The maximum absolute atomic E-state index is 10.6. The maximum Gasteiger partial charge on any atom is 0.315 e. The van der Waals surface area contributed by atoms with Gasteiger partial charge in [0, 0.05) is 25.1 Å². The molecule has 0 atom stereocenters. The van der Waals surface area contributed by atoms with E-state index in [1.807, 2.05) is 0 Å². The second-order valence-corrected chi connectivity index (χ2v) is 5.44. The molecule has 7 nitrogen and oxygen atoms in total. The first-order valence-corrected chi connectivity index (χ1v) is 6.98. The number of nitro groups is 1. The van der Waals surface area contributed by atoms with E-state index in [2.05, 4.69) is 15.5 Å². The van der Waals surface area contributed by atoms with Crippen molar-refractivity contribution >= 4 is 23.3 Å². The van der Waals surface area contributed by atoms with E-state index < -0.39 is 4.92 Å². The van der Waals surface area contributed by atoms with Crippen LogP contribution in [0, 0.1) is 16.0 Å². The summed E-state index contributed by atoms with van der Waals surface area (Å²) < 4.78 is 5.47. The van der Waals surface area contributed by atoms with Gasteiger partial charge in [0.15, 0.2) is 0 Å². The minimum absolute atomic E-state index is 0.0340. The molecule has 2 aromatic rings. The van der Waals surface area contributed by atoms with Crippen LogP contribution in [0.3, 0.4) is 0 Å². The minimum Gasteiger partial charge on any atom is -0.408 e. The summed E-state index contributed by atoms with van der Waals surface area (Å²) >= 11 is 6.01. The number of rotatable bonds is 6. The molecule has 3 rings (SSSR count). The van der Waals surface area contributed by atoms with Gasteiger partial charge < -0.3 is 9.73 Å². The molecule has 110 valence electrons. The van der Waals surface area contributed by atoms with Crippen molar-refractivity contribution in [3.8, 4) is 0 Å². The third kappa shape index (κ3) is 3.49. The van der Waals surface area contributed by atoms with Gasteiger partial charge in [0.25, 0.3) is 5.69 Å². The summed E-state index contributed by atoms with van der Waals surface area (Å²) in [6.07, 6.45) is 3.28. The summed E-state index contributed by atoms with van der Waals surface area (Å²) in [7, 11) is 0. The molecule has 1 aromatic heterocycles. The molecule has 1 aromatic carbocycles. The van der Waals surface area contributed by atoms with Crippen LogP contribution in [-0.4, -0.2) is 15.1 Å². The van der Waals surface area contributed by atoms with Crippen LogP contribution in [0.15, 0.2) is 22.6 Å². The van der Waals surface area contributed by atoms with E-state index in [-0.39, 0.29) is 5.69 Å². The number of aromatic nitrogens is 2. The summed E-state index contributed by atoms with van der Waals surface area (Å²) in [5, 5.41) is 21.8. The Morgan fingerprint density at radius 3 is 2.90 bits per heavy atom. The third-order valence-corrected chi connectivity index (χ3v) is 3.66. The molecule has 0 saturated heterocycles. The topological polar surface area (TPSA) is 94.1 Å². The van der Waals surface area contributed by atoms with Crippen molar-refractivity contribution < 1.29 is 9.34 Å². The first-order valence-electron chi connectivity index (χ1n) is 6.61. The number of halogens is 1. The fourth-order valence-corrected chi connectivity index (χ4v) is 2.18. The molecule has 1 saturated carbocycles. The Labute approximate surface area is 125 Å². The van der Waals surface area contributed by atoms with Gasteiger partial charge in [0.1, 0.15) is 0 Å². The number of hydrogen-bond donors (Lipinski definition) is 1. The number of anilines is 1. The van der Waals surface area contributed by atoms with Gasteiger partial charge in [-0.3, -0.25) is 10.1 Å². The largest absolute Gasteiger partial charge is 0.408 e. The molecular formula is C13H13ClN4O3. The summed E-state index contributed by atoms with van der Waals surface area (Å²) in [5.41, 5.74) is 0.692. The van der Waals surface area contributed by atoms with Gasteiger partial charge in [0.05, 0.1) is 9.95 Å². The van der Waals surface area contributed by atoms with Gasteiger partial charge in [-0.05, 0) is 30.4 Å². The molecular weight excluding hydrogens is 296 g/mol. The van der Waals surface area contributed by atoms with Crippen molar-refractivity contribution in [1.82, 2.24) is 10.2 Å². The molecule has 0 aliphatic heterocycles. The molecule has 1 N–H and O–H groups in total. The lowest BCUT2D eigenvalue weighted by atomic mass is 10.2. The number of non-ortho nitro benzene ring substituents is 1. The fraction of sp³-hybridized carbons (Fsp3) is 0.385. The van der Waals surface area contributed by atoms with E-state index >= 15 is 0 Å².